The predicted octanol–water partition coefficient (Wildman–Crippen LogP) is 3.86. The van der Waals surface area contributed by atoms with Crippen LogP contribution in [-0.2, 0) is 11.3 Å². The van der Waals surface area contributed by atoms with E-state index in [2.05, 4.69) is 21.8 Å². The summed E-state index contributed by atoms with van der Waals surface area (Å²) in [6.45, 7) is 5.50. The Morgan fingerprint density at radius 1 is 1.11 bits per heavy atom. The van der Waals surface area contributed by atoms with Crippen LogP contribution in [0.4, 0.5) is 4.39 Å². The third-order valence-electron chi connectivity index (χ3n) is 5.95. The van der Waals surface area contributed by atoms with Crippen LogP contribution in [0.1, 0.15) is 62.1 Å². The molecule has 3 rings (SSSR count). The number of carbonyl (C=O) groups is 2. The van der Waals surface area contributed by atoms with E-state index >= 15 is 0 Å². The number of nitrogens with one attached hydrogen (secondary N) is 2. The number of aromatic nitrogens is 2. The van der Waals surface area contributed by atoms with E-state index in [4.69, 9.17) is 5.26 Å². The fourth-order valence-corrected chi connectivity index (χ4v) is 4.04. The number of rotatable bonds is 10. The van der Waals surface area contributed by atoms with Crippen molar-refractivity contribution in [1.82, 2.24) is 20.4 Å². The molecule has 0 saturated heterocycles. The zero-order valence-electron chi connectivity index (χ0n) is 20.8. The van der Waals surface area contributed by atoms with Gasteiger partial charge in [0.1, 0.15) is 17.4 Å². The normalized spacial score (nSPS) is 13.1. The van der Waals surface area contributed by atoms with E-state index in [0.717, 1.165) is 5.56 Å². The summed E-state index contributed by atoms with van der Waals surface area (Å²) in [5.41, 5.74) is 0.301. The van der Waals surface area contributed by atoms with Gasteiger partial charge in [-0.15, -0.1) is 0 Å². The molecule has 3 aromatic rings. The van der Waals surface area contributed by atoms with Crippen LogP contribution in [0.5, 0.6) is 0 Å². The molecule has 0 spiro atoms. The highest BCUT2D eigenvalue weighted by Gasteiger charge is 2.35. The molecule has 2 aromatic carbocycles. The summed E-state index contributed by atoms with van der Waals surface area (Å²) >= 11 is 0. The Bertz CT molecular complexity index is 1240. The van der Waals surface area contributed by atoms with Crippen LogP contribution in [0, 0.1) is 22.6 Å². The molecule has 8 nitrogen and oxygen atoms in total. The van der Waals surface area contributed by atoms with Crippen molar-refractivity contribution in [1.29, 1.82) is 5.26 Å². The number of carbonyl (C=O) groups excluding carboxylic acids is 2. The van der Waals surface area contributed by atoms with Gasteiger partial charge in [-0.25, -0.2) is 4.39 Å². The number of halogens is 1. The highest BCUT2D eigenvalue weighted by Crippen LogP contribution is 2.25. The molecule has 1 heterocycles. The quantitative estimate of drug-likeness (QED) is 0.371. The van der Waals surface area contributed by atoms with Crippen LogP contribution in [-0.4, -0.2) is 39.4 Å². The number of aliphatic hydroxyl groups excluding tert-OH is 1. The summed E-state index contributed by atoms with van der Waals surface area (Å²) in [5.74, 6) is -1.56. The first kappa shape index (κ1) is 26.8. The van der Waals surface area contributed by atoms with Gasteiger partial charge < -0.3 is 15.7 Å². The highest BCUT2D eigenvalue weighted by molar-refractivity contribution is 6.06. The van der Waals surface area contributed by atoms with Crippen molar-refractivity contribution >= 4 is 22.7 Å². The number of aryl methyl sites for hydroxylation is 1. The third-order valence-corrected chi connectivity index (χ3v) is 5.95. The number of aliphatic hydroxyl groups is 1. The van der Waals surface area contributed by atoms with Crippen molar-refractivity contribution in [2.75, 3.05) is 6.61 Å². The van der Waals surface area contributed by atoms with Crippen LogP contribution < -0.4 is 10.6 Å². The Hall–Kier alpha value is -3.77. The highest BCUT2D eigenvalue weighted by atomic mass is 19.1. The largest absolute Gasteiger partial charge is 0.394 e. The van der Waals surface area contributed by atoms with Crippen molar-refractivity contribution in [2.45, 2.75) is 58.7 Å². The summed E-state index contributed by atoms with van der Waals surface area (Å²) in [6.07, 6.45) is 1.62. The number of nitriles is 1. The number of hydrogen-bond acceptors (Lipinski definition) is 5. The number of unbranched alkanes of at least 4 members (excludes halogenated alkanes) is 2. The Balaban J connectivity index is 1.86. The molecule has 3 N–H and O–H groups in total. The zero-order chi connectivity index (χ0) is 26.3. The SMILES string of the molecule is CC(C)(C)C(NC(=O)c1nn(CCCCC#N)c2c(F)cccc12)C(=O)N[C@H](CO)c1ccccc1. The Kier molecular flexibility index (Phi) is 8.78. The van der Waals surface area contributed by atoms with Crippen molar-refractivity contribution < 1.29 is 19.1 Å². The Morgan fingerprint density at radius 2 is 1.83 bits per heavy atom. The lowest BCUT2D eigenvalue weighted by Crippen LogP contribution is -2.54. The lowest BCUT2D eigenvalue weighted by molar-refractivity contribution is -0.126. The van der Waals surface area contributed by atoms with Crippen molar-refractivity contribution in [2.24, 2.45) is 5.41 Å². The minimum absolute atomic E-state index is 0.0219. The molecule has 0 bridgehead atoms. The molecule has 0 aliphatic heterocycles. The number of hydrogen-bond donors (Lipinski definition) is 3. The first-order valence-electron chi connectivity index (χ1n) is 12.0. The summed E-state index contributed by atoms with van der Waals surface area (Å²) < 4.78 is 16.1. The van der Waals surface area contributed by atoms with Gasteiger partial charge in [0.05, 0.1) is 18.7 Å². The first-order chi connectivity index (χ1) is 17.2. The van der Waals surface area contributed by atoms with Crippen molar-refractivity contribution in [3.05, 3.63) is 65.6 Å². The van der Waals surface area contributed by atoms with Gasteiger partial charge in [-0.3, -0.25) is 14.3 Å². The second kappa shape index (κ2) is 11.8. The second-order valence-corrected chi connectivity index (χ2v) is 9.75. The van der Waals surface area contributed by atoms with Gasteiger partial charge in [0, 0.05) is 18.4 Å². The molecule has 0 fully saturated rings. The van der Waals surface area contributed by atoms with Gasteiger partial charge in [-0.05, 0) is 29.9 Å². The van der Waals surface area contributed by atoms with E-state index in [0.29, 0.717) is 31.2 Å². The summed E-state index contributed by atoms with van der Waals surface area (Å²) in [5, 5.41) is 28.9. The lowest BCUT2D eigenvalue weighted by atomic mass is 9.85. The van der Waals surface area contributed by atoms with E-state index < -0.39 is 35.1 Å². The molecule has 0 radical (unpaired) electrons. The van der Waals surface area contributed by atoms with Gasteiger partial charge in [0.2, 0.25) is 5.91 Å². The van der Waals surface area contributed by atoms with Gasteiger partial charge >= 0.3 is 0 Å². The number of benzene rings is 2. The van der Waals surface area contributed by atoms with Crippen LogP contribution in [0.25, 0.3) is 10.9 Å². The first-order valence-corrected chi connectivity index (χ1v) is 12.0. The second-order valence-electron chi connectivity index (χ2n) is 9.75. The van der Waals surface area contributed by atoms with Crippen molar-refractivity contribution in [3.63, 3.8) is 0 Å². The molecule has 9 heteroatoms. The summed E-state index contributed by atoms with van der Waals surface area (Å²) in [4.78, 5) is 26.6. The van der Waals surface area contributed by atoms with Gasteiger partial charge in [-0.2, -0.15) is 10.4 Å². The third kappa shape index (κ3) is 6.26. The van der Waals surface area contributed by atoms with Crippen LogP contribution in [0.3, 0.4) is 0 Å². The van der Waals surface area contributed by atoms with Crippen molar-refractivity contribution in [3.8, 4) is 6.07 Å². The Morgan fingerprint density at radius 3 is 2.47 bits per heavy atom. The minimum atomic E-state index is -0.952. The summed E-state index contributed by atoms with van der Waals surface area (Å²) in [6, 6.07) is 14.0. The van der Waals surface area contributed by atoms with E-state index in [1.165, 1.54) is 16.8 Å². The molecule has 0 aliphatic carbocycles. The standard InChI is InChI=1S/C27H32FN5O3/c1-27(2,3)24(26(36)30-21(17-34)18-11-6-4-7-12-18)31-25(35)22-19-13-10-14-20(28)23(19)33(32-22)16-9-5-8-15-29/h4,6-7,10-14,21,24,34H,5,8-9,16-17H2,1-3H3,(H,30,36)(H,31,35)/t21-,24?/m1/s1. The maximum atomic E-state index is 14.7. The fourth-order valence-electron chi connectivity index (χ4n) is 4.04. The van der Waals surface area contributed by atoms with E-state index in [1.807, 2.05) is 39.0 Å². The molecule has 1 aromatic heterocycles. The van der Waals surface area contributed by atoms with Gasteiger partial charge in [-0.1, -0.05) is 63.2 Å². The molecule has 1 unspecified atom stereocenters. The topological polar surface area (TPSA) is 120 Å². The number of para-hydroxylation sites is 1. The molecule has 0 saturated carbocycles. The monoisotopic (exact) mass is 493 g/mol. The maximum absolute atomic E-state index is 14.7. The van der Waals surface area contributed by atoms with E-state index in [9.17, 15) is 19.1 Å². The van der Waals surface area contributed by atoms with Crippen LogP contribution in [0.15, 0.2) is 48.5 Å². The number of fused-ring (bicyclic) bond motifs is 1. The number of amides is 2. The van der Waals surface area contributed by atoms with Crippen LogP contribution in [0.2, 0.25) is 0 Å². The molecular formula is C27H32FN5O3. The molecular weight excluding hydrogens is 461 g/mol. The molecule has 36 heavy (non-hydrogen) atoms. The minimum Gasteiger partial charge on any atom is -0.394 e. The zero-order valence-corrected chi connectivity index (χ0v) is 20.8. The fraction of sp³-hybridized carbons (Fsp3) is 0.407. The summed E-state index contributed by atoms with van der Waals surface area (Å²) in [7, 11) is 0. The molecule has 0 aliphatic rings. The average Bonchev–Trinajstić information content (AvgIpc) is 3.23. The average molecular weight is 494 g/mol. The maximum Gasteiger partial charge on any atom is 0.273 e. The molecule has 2 atom stereocenters. The Labute approximate surface area is 210 Å². The van der Waals surface area contributed by atoms with E-state index in [-0.39, 0.29) is 17.8 Å². The van der Waals surface area contributed by atoms with Gasteiger partial charge in [0.15, 0.2) is 5.69 Å². The van der Waals surface area contributed by atoms with E-state index in [1.54, 1.807) is 18.2 Å². The van der Waals surface area contributed by atoms with Crippen LogP contribution >= 0.6 is 0 Å². The lowest BCUT2D eigenvalue weighted by Gasteiger charge is -2.31. The predicted molar refractivity (Wildman–Crippen MR) is 134 cm³/mol. The number of nitrogens with zero attached hydrogens (tertiary/aromatic N) is 3. The van der Waals surface area contributed by atoms with Gasteiger partial charge in [0.25, 0.3) is 5.91 Å². The molecule has 190 valence electrons. The molecule has 2 amide bonds. The smallest absolute Gasteiger partial charge is 0.273 e.